The van der Waals surface area contributed by atoms with Gasteiger partial charge in [-0.05, 0) is 30.7 Å². The number of sulfonamides is 1. The first-order valence-corrected chi connectivity index (χ1v) is 9.58. The number of thioether (sulfide) groups is 1. The van der Waals surface area contributed by atoms with Crippen molar-refractivity contribution in [3.8, 4) is 0 Å². The lowest BCUT2D eigenvalue weighted by molar-refractivity contribution is 0.171. The summed E-state index contributed by atoms with van der Waals surface area (Å²) in [4.78, 5) is 1.02. The van der Waals surface area contributed by atoms with E-state index in [1.165, 1.54) is 11.8 Å². The molecule has 1 rings (SSSR count). The van der Waals surface area contributed by atoms with E-state index < -0.39 is 10.0 Å². The molecule has 21 heavy (non-hydrogen) atoms. The molecule has 1 atom stereocenters. The third-order valence-corrected chi connectivity index (χ3v) is 5.56. The number of hydrogen-bond donors (Lipinski definition) is 2. The van der Waals surface area contributed by atoms with Crippen LogP contribution in [-0.2, 0) is 14.8 Å². The minimum absolute atomic E-state index is 0.0893. The van der Waals surface area contributed by atoms with Crippen molar-refractivity contribution in [1.29, 1.82) is 0 Å². The van der Waals surface area contributed by atoms with Crippen LogP contribution in [0.25, 0.3) is 0 Å². The lowest BCUT2D eigenvalue weighted by Gasteiger charge is -2.17. The van der Waals surface area contributed by atoms with E-state index in [9.17, 15) is 8.42 Å². The van der Waals surface area contributed by atoms with Gasteiger partial charge in [-0.25, -0.2) is 13.1 Å². The van der Waals surface area contributed by atoms with Crippen molar-refractivity contribution >= 4 is 27.5 Å². The number of rotatable bonds is 10. The molecule has 7 heteroatoms. The molecule has 0 spiro atoms. The number of methoxy groups -OCH3 is 1. The highest BCUT2D eigenvalue weighted by atomic mass is 32.2. The van der Waals surface area contributed by atoms with Crippen molar-refractivity contribution in [3.63, 3.8) is 0 Å². The zero-order valence-corrected chi connectivity index (χ0v) is 14.2. The molecule has 0 aliphatic rings. The normalized spacial score (nSPS) is 13.2. The quantitative estimate of drug-likeness (QED) is 0.506. The zero-order valence-electron chi connectivity index (χ0n) is 12.5. The van der Waals surface area contributed by atoms with Gasteiger partial charge in [0.2, 0.25) is 10.0 Å². The lowest BCUT2D eigenvalue weighted by Crippen LogP contribution is -2.39. The van der Waals surface area contributed by atoms with E-state index in [1.807, 2.05) is 31.2 Å². The number of nitrogen functional groups attached to an aromatic ring is 1. The van der Waals surface area contributed by atoms with Crippen LogP contribution in [-0.4, -0.2) is 39.7 Å². The van der Waals surface area contributed by atoms with Crippen LogP contribution >= 0.6 is 11.8 Å². The molecule has 0 aliphatic heterocycles. The minimum Gasteiger partial charge on any atom is -0.399 e. The Bertz CT molecular complexity index is 497. The van der Waals surface area contributed by atoms with Crippen molar-refractivity contribution in [2.24, 2.45) is 0 Å². The summed E-state index contributed by atoms with van der Waals surface area (Å²) in [5, 5.41) is 0. The first kappa shape index (κ1) is 18.3. The molecule has 5 nitrogen and oxygen atoms in total. The molecular weight excluding hydrogens is 308 g/mol. The van der Waals surface area contributed by atoms with Crippen molar-refractivity contribution in [1.82, 2.24) is 4.72 Å². The number of hydrogen-bond acceptors (Lipinski definition) is 5. The summed E-state index contributed by atoms with van der Waals surface area (Å²) >= 11 is 1.50. The molecule has 0 fully saturated rings. The molecule has 0 saturated carbocycles. The van der Waals surface area contributed by atoms with Gasteiger partial charge in [0, 0.05) is 29.5 Å². The van der Waals surface area contributed by atoms with Crippen LogP contribution < -0.4 is 10.5 Å². The summed E-state index contributed by atoms with van der Waals surface area (Å²) in [7, 11) is -1.70. The Morgan fingerprint density at radius 3 is 2.57 bits per heavy atom. The lowest BCUT2D eigenvalue weighted by atomic mass is 10.2. The van der Waals surface area contributed by atoms with Gasteiger partial charge in [-0.3, -0.25) is 0 Å². The van der Waals surface area contributed by atoms with E-state index in [1.54, 1.807) is 7.11 Å². The SMILES string of the molecule is CCCC(COC)NS(=O)(=O)CCSc1ccc(N)cc1. The van der Waals surface area contributed by atoms with Crippen LogP contribution in [0.5, 0.6) is 0 Å². The maximum Gasteiger partial charge on any atom is 0.212 e. The van der Waals surface area contributed by atoms with Crippen molar-refractivity contribution < 1.29 is 13.2 Å². The Kier molecular flexibility index (Phi) is 8.10. The van der Waals surface area contributed by atoms with Gasteiger partial charge < -0.3 is 10.5 Å². The average molecular weight is 332 g/mol. The molecule has 1 aromatic carbocycles. The highest BCUT2D eigenvalue weighted by Crippen LogP contribution is 2.19. The van der Waals surface area contributed by atoms with Gasteiger partial charge in [-0.15, -0.1) is 11.8 Å². The standard InChI is InChI=1S/C14H24N2O3S2/c1-3-4-13(11-19-2)16-21(17,18)10-9-20-14-7-5-12(15)6-8-14/h5-8,13,16H,3-4,9-11,15H2,1-2H3. The maximum absolute atomic E-state index is 12.0. The molecule has 0 aromatic heterocycles. The fourth-order valence-electron chi connectivity index (χ4n) is 1.87. The molecular formula is C14H24N2O3S2. The van der Waals surface area contributed by atoms with E-state index in [4.69, 9.17) is 10.5 Å². The fraction of sp³-hybridized carbons (Fsp3) is 0.571. The summed E-state index contributed by atoms with van der Waals surface area (Å²) in [5.41, 5.74) is 6.31. The van der Waals surface area contributed by atoms with E-state index >= 15 is 0 Å². The van der Waals surface area contributed by atoms with Crippen LogP contribution in [0.1, 0.15) is 19.8 Å². The van der Waals surface area contributed by atoms with Gasteiger partial charge in [0.05, 0.1) is 12.4 Å². The van der Waals surface area contributed by atoms with Crippen LogP contribution in [0, 0.1) is 0 Å². The summed E-state index contributed by atoms with van der Waals surface area (Å²) in [6.07, 6.45) is 1.69. The molecule has 0 bridgehead atoms. The maximum atomic E-state index is 12.0. The van der Waals surface area contributed by atoms with E-state index in [-0.39, 0.29) is 11.8 Å². The summed E-state index contributed by atoms with van der Waals surface area (Å²) in [6.45, 7) is 2.42. The van der Waals surface area contributed by atoms with Gasteiger partial charge in [0.25, 0.3) is 0 Å². The Hall–Kier alpha value is -0.760. The van der Waals surface area contributed by atoms with Gasteiger partial charge in [-0.2, -0.15) is 0 Å². The molecule has 1 unspecified atom stereocenters. The van der Waals surface area contributed by atoms with Crippen LogP contribution in [0.4, 0.5) is 5.69 Å². The third-order valence-electron chi connectivity index (χ3n) is 2.85. The van der Waals surface area contributed by atoms with Gasteiger partial charge >= 0.3 is 0 Å². The molecule has 1 aromatic rings. The summed E-state index contributed by atoms with van der Waals surface area (Å²) < 4.78 is 31.8. The molecule has 0 radical (unpaired) electrons. The molecule has 0 amide bonds. The van der Waals surface area contributed by atoms with Crippen LogP contribution in [0.2, 0.25) is 0 Å². The Labute approximate surface area is 131 Å². The van der Waals surface area contributed by atoms with Crippen molar-refractivity contribution in [2.75, 3.05) is 31.0 Å². The van der Waals surface area contributed by atoms with E-state index in [2.05, 4.69) is 4.72 Å². The topological polar surface area (TPSA) is 81.4 Å². The molecule has 3 N–H and O–H groups in total. The van der Waals surface area contributed by atoms with Crippen LogP contribution in [0.15, 0.2) is 29.2 Å². The number of anilines is 1. The van der Waals surface area contributed by atoms with E-state index in [0.29, 0.717) is 18.0 Å². The smallest absolute Gasteiger partial charge is 0.212 e. The van der Waals surface area contributed by atoms with Gasteiger partial charge in [0.15, 0.2) is 0 Å². The van der Waals surface area contributed by atoms with Gasteiger partial charge in [0.1, 0.15) is 0 Å². The highest BCUT2D eigenvalue weighted by molar-refractivity contribution is 8.00. The highest BCUT2D eigenvalue weighted by Gasteiger charge is 2.17. The molecule has 0 aliphatic carbocycles. The number of nitrogens with two attached hydrogens (primary N) is 1. The first-order valence-electron chi connectivity index (χ1n) is 6.94. The van der Waals surface area contributed by atoms with Crippen molar-refractivity contribution in [3.05, 3.63) is 24.3 Å². The fourth-order valence-corrected chi connectivity index (χ4v) is 4.46. The van der Waals surface area contributed by atoms with E-state index in [0.717, 1.165) is 17.7 Å². The zero-order chi connectivity index (χ0) is 15.7. The second kappa shape index (κ2) is 9.30. The monoisotopic (exact) mass is 332 g/mol. The molecule has 0 heterocycles. The summed E-state index contributed by atoms with van der Waals surface area (Å²) in [6, 6.07) is 7.26. The minimum atomic E-state index is -3.28. The Morgan fingerprint density at radius 1 is 1.33 bits per heavy atom. The number of benzene rings is 1. The predicted octanol–water partition coefficient (Wildman–Crippen LogP) is 2.10. The second-order valence-corrected chi connectivity index (χ2v) is 7.84. The summed E-state index contributed by atoms with van der Waals surface area (Å²) in [5.74, 6) is 0.594. The molecule has 0 saturated heterocycles. The number of nitrogens with one attached hydrogen (secondary N) is 1. The van der Waals surface area contributed by atoms with Crippen LogP contribution in [0.3, 0.4) is 0 Å². The predicted molar refractivity (Wildman–Crippen MR) is 89.1 cm³/mol. The molecule has 120 valence electrons. The first-order chi connectivity index (χ1) is 9.96. The Morgan fingerprint density at radius 2 is 2.00 bits per heavy atom. The Balaban J connectivity index is 2.42. The second-order valence-electron chi connectivity index (χ2n) is 4.80. The van der Waals surface area contributed by atoms with Crippen molar-refractivity contribution in [2.45, 2.75) is 30.7 Å². The average Bonchev–Trinajstić information content (AvgIpc) is 2.41. The largest absolute Gasteiger partial charge is 0.399 e. The number of ether oxygens (including phenoxy) is 1. The van der Waals surface area contributed by atoms with Gasteiger partial charge in [-0.1, -0.05) is 13.3 Å². The third kappa shape index (κ3) is 7.71.